The summed E-state index contributed by atoms with van der Waals surface area (Å²) >= 11 is 0. The lowest BCUT2D eigenvalue weighted by Crippen LogP contribution is -2.09. The summed E-state index contributed by atoms with van der Waals surface area (Å²) in [7, 11) is 0. The molecule has 1 unspecified atom stereocenters. The molecule has 4 heteroatoms. The normalized spacial score (nSPS) is 20.5. The van der Waals surface area contributed by atoms with Crippen LogP contribution in [0.1, 0.15) is 23.5 Å². The van der Waals surface area contributed by atoms with Gasteiger partial charge >= 0.3 is 0 Å². The summed E-state index contributed by atoms with van der Waals surface area (Å²) < 4.78 is 0. The molecule has 0 amide bonds. The number of nitro benzene ring substituents is 1. The molecule has 1 aliphatic rings. The van der Waals surface area contributed by atoms with Crippen molar-refractivity contribution in [2.45, 2.75) is 19.3 Å². The van der Waals surface area contributed by atoms with Crippen molar-refractivity contribution >= 4 is 5.69 Å². The van der Waals surface area contributed by atoms with Gasteiger partial charge < -0.3 is 5.32 Å². The molecule has 80 valence electrons. The van der Waals surface area contributed by atoms with Crippen molar-refractivity contribution in [3.8, 4) is 0 Å². The molecule has 0 aliphatic carbocycles. The summed E-state index contributed by atoms with van der Waals surface area (Å²) in [5.41, 5.74) is 2.22. The van der Waals surface area contributed by atoms with Gasteiger partial charge in [-0.15, -0.1) is 0 Å². The summed E-state index contributed by atoms with van der Waals surface area (Å²) in [5, 5.41) is 14.1. The van der Waals surface area contributed by atoms with Gasteiger partial charge in [-0.3, -0.25) is 10.1 Å². The zero-order valence-corrected chi connectivity index (χ0v) is 8.69. The molecule has 1 aromatic rings. The van der Waals surface area contributed by atoms with E-state index in [2.05, 4.69) is 5.32 Å². The zero-order valence-electron chi connectivity index (χ0n) is 8.69. The molecular weight excluding hydrogens is 192 g/mol. The summed E-state index contributed by atoms with van der Waals surface area (Å²) in [6, 6.07) is 5.35. The van der Waals surface area contributed by atoms with Crippen molar-refractivity contribution in [3.05, 3.63) is 39.4 Å². The lowest BCUT2D eigenvalue weighted by molar-refractivity contribution is -0.385. The van der Waals surface area contributed by atoms with E-state index in [4.69, 9.17) is 0 Å². The first kappa shape index (κ1) is 10.1. The largest absolute Gasteiger partial charge is 0.316 e. The molecule has 1 saturated heterocycles. The molecule has 15 heavy (non-hydrogen) atoms. The first-order valence-corrected chi connectivity index (χ1v) is 5.14. The fourth-order valence-corrected chi connectivity index (χ4v) is 2.09. The highest BCUT2D eigenvalue weighted by atomic mass is 16.6. The molecule has 4 nitrogen and oxygen atoms in total. The Hall–Kier alpha value is -1.42. The Kier molecular flexibility index (Phi) is 2.68. The Balaban J connectivity index is 2.41. The number of nitrogens with one attached hydrogen (secondary N) is 1. The van der Waals surface area contributed by atoms with Crippen molar-refractivity contribution in [2.24, 2.45) is 0 Å². The topological polar surface area (TPSA) is 55.2 Å². The Labute approximate surface area is 88.5 Å². The van der Waals surface area contributed by atoms with Crippen LogP contribution in [-0.2, 0) is 0 Å². The maximum absolute atomic E-state index is 10.9. The zero-order chi connectivity index (χ0) is 10.8. The van der Waals surface area contributed by atoms with Gasteiger partial charge in [0.15, 0.2) is 0 Å². The third kappa shape index (κ3) is 1.99. The summed E-state index contributed by atoms with van der Waals surface area (Å²) in [6.45, 7) is 3.77. The Bertz CT molecular complexity index is 384. The van der Waals surface area contributed by atoms with Gasteiger partial charge in [0.2, 0.25) is 0 Å². The maximum Gasteiger partial charge on any atom is 0.272 e. The fourth-order valence-electron chi connectivity index (χ4n) is 2.09. The molecule has 0 aromatic heterocycles. The Morgan fingerprint density at radius 3 is 2.93 bits per heavy atom. The van der Waals surface area contributed by atoms with Gasteiger partial charge in [0.1, 0.15) is 0 Å². The monoisotopic (exact) mass is 206 g/mol. The van der Waals surface area contributed by atoms with Crippen molar-refractivity contribution in [1.82, 2.24) is 5.32 Å². The molecule has 1 fully saturated rings. The first-order valence-electron chi connectivity index (χ1n) is 5.14. The van der Waals surface area contributed by atoms with Gasteiger partial charge in [0, 0.05) is 24.1 Å². The molecule has 2 rings (SSSR count). The van der Waals surface area contributed by atoms with Crippen molar-refractivity contribution in [3.63, 3.8) is 0 Å². The number of nitrogens with zero attached hydrogens (tertiary/aromatic N) is 1. The number of rotatable bonds is 2. The van der Waals surface area contributed by atoms with Crippen LogP contribution in [-0.4, -0.2) is 18.0 Å². The van der Waals surface area contributed by atoms with E-state index in [0.717, 1.165) is 30.6 Å². The van der Waals surface area contributed by atoms with Crippen molar-refractivity contribution in [1.29, 1.82) is 0 Å². The molecule has 1 aromatic carbocycles. The second-order valence-electron chi connectivity index (χ2n) is 4.01. The van der Waals surface area contributed by atoms with Gasteiger partial charge in [0.25, 0.3) is 5.69 Å². The quantitative estimate of drug-likeness (QED) is 0.594. The molecule has 0 saturated carbocycles. The lowest BCUT2D eigenvalue weighted by atomic mass is 9.95. The summed E-state index contributed by atoms with van der Waals surface area (Å²) in [5.74, 6) is 0.297. The van der Waals surface area contributed by atoms with Crippen LogP contribution in [0, 0.1) is 17.0 Å². The molecule has 1 atom stereocenters. The fraction of sp³-hybridized carbons (Fsp3) is 0.455. The van der Waals surface area contributed by atoms with E-state index >= 15 is 0 Å². The minimum absolute atomic E-state index is 0.259. The molecule has 1 aliphatic heterocycles. The third-order valence-electron chi connectivity index (χ3n) is 2.88. The van der Waals surface area contributed by atoms with Crippen molar-refractivity contribution in [2.75, 3.05) is 13.1 Å². The Morgan fingerprint density at radius 2 is 2.33 bits per heavy atom. The third-order valence-corrected chi connectivity index (χ3v) is 2.88. The van der Waals surface area contributed by atoms with E-state index in [1.807, 2.05) is 13.0 Å². The van der Waals surface area contributed by atoms with Crippen LogP contribution in [0.5, 0.6) is 0 Å². The highest BCUT2D eigenvalue weighted by Crippen LogP contribution is 2.31. The smallest absolute Gasteiger partial charge is 0.272 e. The van der Waals surface area contributed by atoms with E-state index in [1.165, 1.54) is 0 Å². The predicted molar refractivity (Wildman–Crippen MR) is 58.1 cm³/mol. The van der Waals surface area contributed by atoms with Gasteiger partial charge in [-0.2, -0.15) is 0 Å². The number of aryl methyl sites for hydroxylation is 1. The van der Waals surface area contributed by atoms with E-state index in [1.54, 1.807) is 12.1 Å². The van der Waals surface area contributed by atoms with Crippen LogP contribution in [0.25, 0.3) is 0 Å². The standard InChI is InChI=1S/C11H14N2O2/c1-8-2-3-11(13(14)15)10(6-8)9-4-5-12-7-9/h2-3,6,9,12H,4-5,7H2,1H3. The van der Waals surface area contributed by atoms with Crippen LogP contribution < -0.4 is 5.32 Å². The van der Waals surface area contributed by atoms with Gasteiger partial charge in [-0.1, -0.05) is 11.6 Å². The molecule has 0 spiro atoms. The molecule has 0 radical (unpaired) electrons. The second-order valence-corrected chi connectivity index (χ2v) is 4.01. The van der Waals surface area contributed by atoms with Gasteiger partial charge in [-0.05, 0) is 26.0 Å². The van der Waals surface area contributed by atoms with E-state index in [0.29, 0.717) is 5.92 Å². The lowest BCUT2D eigenvalue weighted by Gasteiger charge is -2.09. The summed E-state index contributed by atoms with van der Waals surface area (Å²) in [4.78, 5) is 10.6. The SMILES string of the molecule is Cc1ccc([N+](=O)[O-])c(C2CCNC2)c1. The number of hydrogen-bond acceptors (Lipinski definition) is 3. The highest BCUT2D eigenvalue weighted by Gasteiger charge is 2.24. The molecular formula is C11H14N2O2. The van der Waals surface area contributed by atoms with E-state index in [-0.39, 0.29) is 10.6 Å². The van der Waals surface area contributed by atoms with Crippen LogP contribution in [0.15, 0.2) is 18.2 Å². The van der Waals surface area contributed by atoms with Crippen LogP contribution in [0.2, 0.25) is 0 Å². The van der Waals surface area contributed by atoms with Crippen LogP contribution >= 0.6 is 0 Å². The minimum atomic E-state index is -0.285. The molecule has 1 heterocycles. The van der Waals surface area contributed by atoms with Gasteiger partial charge in [-0.25, -0.2) is 0 Å². The predicted octanol–water partition coefficient (Wildman–Crippen LogP) is 1.98. The minimum Gasteiger partial charge on any atom is -0.316 e. The first-order chi connectivity index (χ1) is 7.18. The Morgan fingerprint density at radius 1 is 1.53 bits per heavy atom. The highest BCUT2D eigenvalue weighted by molar-refractivity contribution is 5.45. The van der Waals surface area contributed by atoms with E-state index < -0.39 is 0 Å². The average molecular weight is 206 g/mol. The molecule has 0 bridgehead atoms. The number of benzene rings is 1. The van der Waals surface area contributed by atoms with Crippen LogP contribution in [0.3, 0.4) is 0 Å². The summed E-state index contributed by atoms with van der Waals surface area (Å²) in [6.07, 6.45) is 0.990. The van der Waals surface area contributed by atoms with E-state index in [9.17, 15) is 10.1 Å². The number of hydrogen-bond donors (Lipinski definition) is 1. The average Bonchev–Trinajstić information content (AvgIpc) is 2.69. The second kappa shape index (κ2) is 3.98. The maximum atomic E-state index is 10.9. The van der Waals surface area contributed by atoms with Crippen LogP contribution in [0.4, 0.5) is 5.69 Å². The van der Waals surface area contributed by atoms with Crippen molar-refractivity contribution < 1.29 is 4.92 Å². The molecule has 1 N–H and O–H groups in total. The van der Waals surface area contributed by atoms with Gasteiger partial charge in [0.05, 0.1) is 4.92 Å². The number of nitro groups is 1.